The average Bonchev–Trinajstić information content (AvgIpc) is 1.36. The molecule has 4 heteroatoms. The number of hydrogen-bond acceptors (Lipinski definition) is 1. The standard InChI is InChI=1S/C3H8GeO2.H2O/c1-2(4)3(5)6;/h2H,1,4H3,(H,5,6);1H2. The zero-order valence-electron chi connectivity index (χ0n) is 4.43. The van der Waals surface area contributed by atoms with Crippen molar-refractivity contribution >= 4 is 22.5 Å². The van der Waals surface area contributed by atoms with Crippen LogP contribution in [0.1, 0.15) is 6.92 Å². The minimum absolute atomic E-state index is 0. The molecule has 0 saturated carbocycles. The van der Waals surface area contributed by atoms with Crippen LogP contribution >= 0.6 is 0 Å². The Balaban J connectivity index is 0. The van der Waals surface area contributed by atoms with Crippen molar-refractivity contribution in [2.24, 2.45) is 0 Å². The fourth-order valence-corrected chi connectivity index (χ4v) is 0. The van der Waals surface area contributed by atoms with Crippen LogP contribution in [0.4, 0.5) is 0 Å². The molecular formula is C3H10GeO3. The van der Waals surface area contributed by atoms with Gasteiger partial charge in [-0.2, -0.15) is 0 Å². The second-order valence-corrected chi connectivity index (χ2v) is 5.13. The summed E-state index contributed by atoms with van der Waals surface area (Å²) in [5, 5.41) is 8.04. The SMILES string of the molecule is C[CH]([GeH3])C(=O)O.O. The molecule has 0 amide bonds. The van der Waals surface area contributed by atoms with E-state index in [9.17, 15) is 4.79 Å². The molecule has 0 rings (SSSR count). The molecule has 44 valence electrons. The van der Waals surface area contributed by atoms with Gasteiger partial charge in [-0.1, -0.05) is 0 Å². The van der Waals surface area contributed by atoms with Gasteiger partial charge in [0.05, 0.1) is 0 Å². The van der Waals surface area contributed by atoms with E-state index < -0.39 is 5.97 Å². The van der Waals surface area contributed by atoms with Gasteiger partial charge in [0.1, 0.15) is 0 Å². The Morgan fingerprint density at radius 2 is 2.00 bits per heavy atom. The van der Waals surface area contributed by atoms with Gasteiger partial charge in [-0.25, -0.2) is 0 Å². The molecule has 7 heavy (non-hydrogen) atoms. The molecule has 0 bridgehead atoms. The van der Waals surface area contributed by atoms with Crippen molar-refractivity contribution in [3.63, 3.8) is 0 Å². The summed E-state index contributed by atoms with van der Waals surface area (Å²) in [6, 6.07) is 0. The van der Waals surface area contributed by atoms with Gasteiger partial charge in [0, 0.05) is 0 Å². The third-order valence-electron chi connectivity index (χ3n) is 0.494. The topological polar surface area (TPSA) is 68.8 Å². The molecule has 0 radical (unpaired) electrons. The van der Waals surface area contributed by atoms with E-state index in [-0.39, 0.29) is 10.2 Å². The van der Waals surface area contributed by atoms with Crippen molar-refractivity contribution in [1.29, 1.82) is 0 Å². The number of carboxylic acid groups (broad SMARTS) is 1. The Hall–Kier alpha value is -0.0271. The zero-order valence-corrected chi connectivity index (χ0v) is 8.63. The third-order valence-corrected chi connectivity index (χ3v) is 1.53. The predicted octanol–water partition coefficient (Wildman–Crippen LogP) is -1.58. The molecular weight excluding hydrogens is 157 g/mol. The van der Waals surface area contributed by atoms with Gasteiger partial charge in [-0.05, 0) is 0 Å². The molecule has 0 aromatic carbocycles. The van der Waals surface area contributed by atoms with Gasteiger partial charge in [-0.3, -0.25) is 0 Å². The Kier molecular flexibility index (Phi) is 5.95. The normalized spacial score (nSPS) is 12.1. The monoisotopic (exact) mass is 168 g/mol. The molecule has 0 aliphatic carbocycles. The Morgan fingerprint density at radius 3 is 2.00 bits per heavy atom. The number of rotatable bonds is 1. The third kappa shape index (κ3) is 5.97. The fraction of sp³-hybridized carbons (Fsp3) is 0.667. The molecule has 1 unspecified atom stereocenters. The Labute approximate surface area is 50.3 Å². The van der Waals surface area contributed by atoms with E-state index in [1.54, 1.807) is 6.92 Å². The van der Waals surface area contributed by atoms with E-state index >= 15 is 0 Å². The van der Waals surface area contributed by atoms with Crippen LogP contribution in [-0.2, 0) is 4.79 Å². The van der Waals surface area contributed by atoms with Crippen LogP contribution in [0, 0.1) is 0 Å². The van der Waals surface area contributed by atoms with Crippen molar-refractivity contribution in [2.45, 2.75) is 11.7 Å². The van der Waals surface area contributed by atoms with Crippen LogP contribution in [0.3, 0.4) is 0 Å². The zero-order chi connectivity index (χ0) is 5.15. The molecule has 0 saturated heterocycles. The molecule has 3 nitrogen and oxygen atoms in total. The first-order valence-electron chi connectivity index (χ1n) is 1.87. The van der Waals surface area contributed by atoms with Gasteiger partial charge in [-0.15, -0.1) is 0 Å². The van der Waals surface area contributed by atoms with Crippen molar-refractivity contribution in [2.75, 3.05) is 0 Å². The number of carbonyl (C=O) groups is 1. The molecule has 0 fully saturated rings. The Morgan fingerprint density at radius 1 is 1.86 bits per heavy atom. The van der Waals surface area contributed by atoms with E-state index in [0.717, 1.165) is 0 Å². The van der Waals surface area contributed by atoms with Crippen LogP contribution in [0.25, 0.3) is 0 Å². The van der Waals surface area contributed by atoms with E-state index in [1.165, 1.54) is 0 Å². The first-order chi connectivity index (χ1) is 2.64. The molecule has 0 aliphatic rings. The molecule has 0 aromatic rings. The summed E-state index contributed by atoms with van der Waals surface area (Å²) in [7, 11) is 0. The van der Waals surface area contributed by atoms with Crippen LogP contribution < -0.4 is 0 Å². The van der Waals surface area contributed by atoms with Gasteiger partial charge in [0.25, 0.3) is 0 Å². The number of carboxylic acids is 1. The molecule has 0 aromatic heterocycles. The molecule has 1 atom stereocenters. The largest absolute Gasteiger partial charge is 0.412 e. The first-order valence-corrected chi connectivity index (χ1v) is 4.29. The molecule has 0 aliphatic heterocycles. The van der Waals surface area contributed by atoms with Crippen molar-refractivity contribution in [3.05, 3.63) is 0 Å². The van der Waals surface area contributed by atoms with Gasteiger partial charge < -0.3 is 5.48 Å². The van der Waals surface area contributed by atoms with Crippen LogP contribution in [-0.4, -0.2) is 33.1 Å². The van der Waals surface area contributed by atoms with E-state index in [1.807, 2.05) is 0 Å². The van der Waals surface area contributed by atoms with Crippen molar-refractivity contribution in [3.8, 4) is 0 Å². The summed E-state index contributed by atoms with van der Waals surface area (Å²) in [5.41, 5.74) is 0. The molecule has 3 N–H and O–H groups in total. The van der Waals surface area contributed by atoms with Gasteiger partial charge >= 0.3 is 44.1 Å². The average molecular weight is 167 g/mol. The fourth-order valence-electron chi connectivity index (χ4n) is 0. The minimum atomic E-state index is -0.657. The number of hydrogen-bond donors (Lipinski definition) is 1. The summed E-state index contributed by atoms with van der Waals surface area (Å²) in [6.07, 6.45) is 0. The minimum Gasteiger partial charge on any atom is -0.412 e. The smallest absolute Gasteiger partial charge is 0.412 e. The van der Waals surface area contributed by atoms with Gasteiger partial charge in [0.15, 0.2) is 0 Å². The van der Waals surface area contributed by atoms with Gasteiger partial charge in [0.2, 0.25) is 0 Å². The maximum atomic E-state index is 9.75. The quantitative estimate of drug-likeness (QED) is 0.478. The van der Waals surface area contributed by atoms with E-state index in [0.29, 0.717) is 16.5 Å². The van der Waals surface area contributed by atoms with E-state index in [2.05, 4.69) is 0 Å². The second-order valence-electron chi connectivity index (χ2n) is 1.49. The summed E-state index contributed by atoms with van der Waals surface area (Å²) < 4.78 is -0.0440. The van der Waals surface area contributed by atoms with Crippen LogP contribution in [0.5, 0.6) is 0 Å². The second kappa shape index (κ2) is 4.14. The summed E-state index contributed by atoms with van der Waals surface area (Å²) in [5.74, 6) is -0.657. The van der Waals surface area contributed by atoms with Crippen molar-refractivity contribution < 1.29 is 15.4 Å². The Bertz CT molecular complexity index is 61.2. The van der Waals surface area contributed by atoms with Crippen LogP contribution in [0.2, 0.25) is 4.75 Å². The predicted molar refractivity (Wildman–Crippen MR) is 30.6 cm³/mol. The molecule has 0 heterocycles. The first kappa shape index (κ1) is 10.1. The maximum absolute atomic E-state index is 9.75. The van der Waals surface area contributed by atoms with E-state index in [4.69, 9.17) is 5.11 Å². The van der Waals surface area contributed by atoms with Crippen molar-refractivity contribution in [1.82, 2.24) is 0 Å². The summed E-state index contributed by atoms with van der Waals surface area (Å²) in [4.78, 5) is 9.75. The molecule has 0 spiro atoms. The van der Waals surface area contributed by atoms with Crippen LogP contribution in [0.15, 0.2) is 0 Å². The summed E-state index contributed by atoms with van der Waals surface area (Å²) >= 11 is 0.443. The number of aliphatic carboxylic acids is 1. The summed E-state index contributed by atoms with van der Waals surface area (Å²) in [6.45, 7) is 1.72. The maximum Gasteiger partial charge on any atom is -0.412 e.